The molecule has 0 atom stereocenters. The summed E-state index contributed by atoms with van der Waals surface area (Å²) in [7, 11) is 0. The molecule has 1 radical (unpaired) electrons. The molecule has 3 rings (SSSR count). The third-order valence-electron chi connectivity index (χ3n) is 6.04. The van der Waals surface area contributed by atoms with Gasteiger partial charge in [-0.25, -0.2) is 0 Å². The number of halogens is 2. The summed E-state index contributed by atoms with van der Waals surface area (Å²) in [5.41, 5.74) is 2.61. The Morgan fingerprint density at radius 3 is 1.34 bits per heavy atom. The fourth-order valence-corrected chi connectivity index (χ4v) is 2.98. The minimum absolute atomic E-state index is 0. The van der Waals surface area contributed by atoms with Crippen molar-refractivity contribution in [1.82, 2.24) is 9.97 Å². The summed E-state index contributed by atoms with van der Waals surface area (Å²) in [4.78, 5) is 9.85. The molecular weight excluding hydrogens is 754 g/mol. The van der Waals surface area contributed by atoms with Crippen LogP contribution < -0.4 is 52.9 Å². The van der Waals surface area contributed by atoms with Gasteiger partial charge in [-0.1, -0.05) is 79.5 Å². The van der Waals surface area contributed by atoms with Gasteiger partial charge in [-0.2, -0.15) is 0 Å². The van der Waals surface area contributed by atoms with Gasteiger partial charge in [0.05, 0.1) is 0 Å². The van der Waals surface area contributed by atoms with E-state index in [4.69, 9.17) is 19.4 Å². The SMILES string of the molecule is C1CCOC1.C1CCOC1.CCC(C)(C)c1nc(C(C)(C)C)[n-]c1C(C)(C)CC.[Ce+3].[I-].[I-]. The quantitative estimate of drug-likeness (QED) is 0.412. The van der Waals surface area contributed by atoms with Crippen molar-refractivity contribution in [2.24, 2.45) is 0 Å². The molecule has 0 spiro atoms. The van der Waals surface area contributed by atoms with Crippen LogP contribution in [0.1, 0.15) is 118 Å². The molecule has 1 aromatic rings. The smallest absolute Gasteiger partial charge is 1.00 e. The van der Waals surface area contributed by atoms with Gasteiger partial charge in [-0.05, 0) is 54.8 Å². The molecule has 32 heavy (non-hydrogen) atoms. The summed E-state index contributed by atoms with van der Waals surface area (Å²) in [6, 6.07) is 0. The number of hydrogen-bond donors (Lipinski definition) is 0. The number of rotatable bonds is 4. The third-order valence-corrected chi connectivity index (χ3v) is 6.04. The van der Waals surface area contributed by atoms with E-state index >= 15 is 0 Å². The maximum Gasteiger partial charge on any atom is 3.00 e. The van der Waals surface area contributed by atoms with Crippen molar-refractivity contribution in [2.75, 3.05) is 26.4 Å². The van der Waals surface area contributed by atoms with Crippen LogP contribution in [0.15, 0.2) is 0 Å². The van der Waals surface area contributed by atoms with E-state index in [2.05, 4.69) is 62.3 Å². The van der Waals surface area contributed by atoms with Crippen molar-refractivity contribution >= 4 is 0 Å². The zero-order chi connectivity index (χ0) is 22.1. The van der Waals surface area contributed by atoms with Gasteiger partial charge in [0.25, 0.3) is 0 Å². The normalized spacial score (nSPS) is 15.8. The minimum atomic E-state index is 0. The van der Waals surface area contributed by atoms with Crippen molar-refractivity contribution < 1.29 is 99.2 Å². The fourth-order valence-electron chi connectivity index (χ4n) is 2.98. The number of nitrogens with zero attached hydrogens (tertiary/aromatic N) is 2. The molecule has 0 aromatic carbocycles. The molecule has 0 bridgehead atoms. The first-order chi connectivity index (χ1) is 13.5. The van der Waals surface area contributed by atoms with Crippen LogP contribution in [0.3, 0.4) is 0 Å². The monoisotopic (exact) mass is 801 g/mol. The summed E-state index contributed by atoms with van der Waals surface area (Å²) in [6.45, 7) is 24.1. The Labute approximate surface area is 266 Å². The molecule has 2 aliphatic heterocycles. The van der Waals surface area contributed by atoms with Crippen molar-refractivity contribution in [3.8, 4) is 0 Å². The van der Waals surface area contributed by atoms with Crippen molar-refractivity contribution in [1.29, 1.82) is 0 Å². The van der Waals surface area contributed by atoms with E-state index < -0.39 is 0 Å². The molecule has 2 saturated heterocycles. The molecule has 1 aromatic heterocycles. The van der Waals surface area contributed by atoms with Crippen LogP contribution in [-0.4, -0.2) is 31.4 Å². The number of aromatic nitrogens is 2. The van der Waals surface area contributed by atoms with E-state index in [1.54, 1.807) is 0 Å². The molecular formula is C25H47CeI2N2O2. The van der Waals surface area contributed by atoms with Crippen LogP contribution in [-0.2, 0) is 25.7 Å². The van der Waals surface area contributed by atoms with E-state index in [0.717, 1.165) is 45.1 Å². The number of ether oxygens (including phenoxy) is 2. The Bertz CT molecular complexity index is 533. The van der Waals surface area contributed by atoms with Gasteiger partial charge in [0, 0.05) is 26.4 Å². The fraction of sp³-hybridized carbons (Fsp3) is 0.880. The Hall–Kier alpha value is 1.97. The molecule has 4 nitrogen and oxygen atoms in total. The topological polar surface area (TPSA) is 45.5 Å². The summed E-state index contributed by atoms with van der Waals surface area (Å²) < 4.78 is 9.89. The van der Waals surface area contributed by atoms with Crippen molar-refractivity contribution in [3.05, 3.63) is 17.2 Å². The summed E-state index contributed by atoms with van der Waals surface area (Å²) in [5.74, 6) is 0.987. The minimum Gasteiger partial charge on any atom is -1.00 e. The average Bonchev–Trinajstić information content (AvgIpc) is 3.45. The van der Waals surface area contributed by atoms with E-state index in [0.29, 0.717) is 0 Å². The van der Waals surface area contributed by atoms with Crippen LogP contribution in [0.4, 0.5) is 0 Å². The summed E-state index contributed by atoms with van der Waals surface area (Å²) >= 11 is 0. The van der Waals surface area contributed by atoms with Gasteiger partial charge in [-0.15, -0.1) is 0 Å². The Kier molecular flexibility index (Phi) is 22.0. The maximum absolute atomic E-state index is 4.94. The zero-order valence-corrected chi connectivity index (χ0v) is 29.5. The molecule has 7 heteroatoms. The van der Waals surface area contributed by atoms with E-state index in [-0.39, 0.29) is 106 Å². The van der Waals surface area contributed by atoms with Crippen LogP contribution in [0, 0.1) is 41.7 Å². The first-order valence-corrected chi connectivity index (χ1v) is 11.7. The maximum atomic E-state index is 4.94. The Morgan fingerprint density at radius 1 is 0.719 bits per heavy atom. The van der Waals surface area contributed by atoms with Crippen LogP contribution in [0.25, 0.3) is 0 Å². The van der Waals surface area contributed by atoms with E-state index in [9.17, 15) is 0 Å². The van der Waals surface area contributed by atoms with Gasteiger partial charge in [0.15, 0.2) is 0 Å². The predicted octanol–water partition coefficient (Wildman–Crippen LogP) is 0.313. The predicted molar refractivity (Wildman–Crippen MR) is 123 cm³/mol. The second-order valence-corrected chi connectivity index (χ2v) is 10.6. The summed E-state index contributed by atoms with van der Waals surface area (Å²) in [5, 5.41) is 0. The van der Waals surface area contributed by atoms with Gasteiger partial charge in [-0.3, -0.25) is 0 Å². The van der Waals surface area contributed by atoms with E-state index in [1.807, 2.05) is 0 Å². The standard InChI is InChI=1S/C17H31N2.2C4H8O.Ce.2HI/c1-10-16(6,7)12-13(17(8,9)11-2)19-14(18-12)15(3,4)5;2*1-2-4-5-3-1;;;/h10-11H2,1-9H3;2*1-4H2;;2*1H/q-1;;;+3;;/p-2. The Morgan fingerprint density at radius 2 is 1.09 bits per heavy atom. The van der Waals surface area contributed by atoms with Gasteiger partial charge in [0.1, 0.15) is 0 Å². The molecule has 0 aliphatic carbocycles. The first-order valence-electron chi connectivity index (χ1n) is 11.7. The molecule has 0 N–H and O–H groups in total. The van der Waals surface area contributed by atoms with Crippen molar-refractivity contribution in [3.63, 3.8) is 0 Å². The van der Waals surface area contributed by atoms with Gasteiger partial charge in [0.2, 0.25) is 0 Å². The van der Waals surface area contributed by atoms with Gasteiger partial charge >= 0.3 is 41.7 Å². The van der Waals surface area contributed by atoms with Crippen LogP contribution >= 0.6 is 0 Å². The van der Waals surface area contributed by atoms with E-state index in [1.165, 1.54) is 37.1 Å². The number of hydrogen-bond acceptors (Lipinski definition) is 3. The molecule has 187 valence electrons. The Balaban J connectivity index is -0.000000531. The molecule has 2 fully saturated rings. The number of imidazole rings is 1. The molecule has 0 amide bonds. The zero-order valence-electron chi connectivity index (χ0n) is 22.0. The van der Waals surface area contributed by atoms with Crippen LogP contribution in [0.5, 0.6) is 0 Å². The molecule has 3 heterocycles. The molecule has 0 unspecified atom stereocenters. The first kappa shape index (κ1) is 38.5. The van der Waals surface area contributed by atoms with Crippen LogP contribution in [0.2, 0.25) is 0 Å². The van der Waals surface area contributed by atoms with Gasteiger partial charge < -0.3 is 67.4 Å². The second-order valence-electron chi connectivity index (χ2n) is 10.6. The molecule has 2 aliphatic rings. The average molecular weight is 802 g/mol. The molecule has 0 saturated carbocycles. The second kappa shape index (κ2) is 18.2. The largest absolute Gasteiger partial charge is 3.00 e. The third kappa shape index (κ3) is 13.3. The summed E-state index contributed by atoms with van der Waals surface area (Å²) in [6.07, 6.45) is 7.28. The van der Waals surface area contributed by atoms with Crippen molar-refractivity contribution in [2.45, 2.75) is 117 Å².